The smallest absolute Gasteiger partial charge is 0.244 e. The molecule has 1 aliphatic heterocycles. The Morgan fingerprint density at radius 1 is 1.20 bits per heavy atom. The number of halogens is 1. The lowest BCUT2D eigenvalue weighted by molar-refractivity contribution is -0.116. The minimum Gasteiger partial charge on any atom is -0.493 e. The highest BCUT2D eigenvalue weighted by molar-refractivity contribution is 7.10. The molecule has 0 fully saturated rings. The lowest BCUT2D eigenvalue weighted by Gasteiger charge is -2.21. The van der Waals surface area contributed by atoms with Crippen LogP contribution in [-0.2, 0) is 4.79 Å². The highest BCUT2D eigenvalue weighted by atomic mass is 32.1. The predicted octanol–water partition coefficient (Wildman–Crippen LogP) is 4.59. The molecule has 1 N–H and O–H groups in total. The molecule has 2 heterocycles. The molecule has 5 nitrogen and oxygen atoms in total. The molecule has 1 aliphatic rings. The summed E-state index contributed by atoms with van der Waals surface area (Å²) in [6.45, 7) is 0.929. The van der Waals surface area contributed by atoms with Crippen molar-refractivity contribution in [3.05, 3.63) is 81.8 Å². The molecule has 0 aliphatic carbocycles. The van der Waals surface area contributed by atoms with Crippen molar-refractivity contribution in [3.8, 4) is 17.2 Å². The summed E-state index contributed by atoms with van der Waals surface area (Å²) in [4.78, 5) is 13.6. The van der Waals surface area contributed by atoms with Gasteiger partial charge in [-0.3, -0.25) is 4.79 Å². The highest BCUT2D eigenvalue weighted by Gasteiger charge is 2.19. The number of fused-ring (bicyclic) bond motifs is 1. The third-order valence-electron chi connectivity index (χ3n) is 4.60. The maximum atomic E-state index is 13.3. The molecular weight excluding hydrogens is 405 g/mol. The SMILES string of the molecule is COc1cc(C=CC(=O)NC(c2ccc(F)cc2)c2cccs2)cc2c1OCCO2. The molecule has 1 atom stereocenters. The highest BCUT2D eigenvalue weighted by Crippen LogP contribution is 2.40. The Morgan fingerprint density at radius 2 is 2.00 bits per heavy atom. The number of benzene rings is 2. The van der Waals surface area contributed by atoms with Gasteiger partial charge in [-0.1, -0.05) is 18.2 Å². The van der Waals surface area contributed by atoms with Crippen molar-refractivity contribution in [2.75, 3.05) is 20.3 Å². The molecule has 1 aromatic heterocycles. The summed E-state index contributed by atoms with van der Waals surface area (Å²) < 4.78 is 29.9. The van der Waals surface area contributed by atoms with Crippen molar-refractivity contribution in [3.63, 3.8) is 0 Å². The number of amides is 1. The van der Waals surface area contributed by atoms with Gasteiger partial charge in [0.25, 0.3) is 0 Å². The third-order valence-corrected chi connectivity index (χ3v) is 5.53. The summed E-state index contributed by atoms with van der Waals surface area (Å²) in [7, 11) is 1.56. The van der Waals surface area contributed by atoms with Gasteiger partial charge in [-0.15, -0.1) is 11.3 Å². The van der Waals surface area contributed by atoms with Gasteiger partial charge in [0.15, 0.2) is 11.5 Å². The van der Waals surface area contributed by atoms with E-state index in [-0.39, 0.29) is 17.8 Å². The Morgan fingerprint density at radius 3 is 2.73 bits per heavy atom. The van der Waals surface area contributed by atoms with E-state index in [2.05, 4.69) is 5.32 Å². The zero-order chi connectivity index (χ0) is 20.9. The van der Waals surface area contributed by atoms with Gasteiger partial charge in [0, 0.05) is 11.0 Å². The van der Waals surface area contributed by atoms with E-state index in [4.69, 9.17) is 14.2 Å². The second-order valence-electron chi connectivity index (χ2n) is 6.59. The fourth-order valence-corrected chi connectivity index (χ4v) is 3.98. The molecule has 30 heavy (non-hydrogen) atoms. The molecule has 2 aromatic carbocycles. The molecule has 0 spiro atoms. The van der Waals surface area contributed by atoms with E-state index < -0.39 is 0 Å². The summed E-state index contributed by atoms with van der Waals surface area (Å²) in [5, 5.41) is 4.93. The number of hydrogen-bond donors (Lipinski definition) is 1. The van der Waals surface area contributed by atoms with Crippen molar-refractivity contribution in [2.24, 2.45) is 0 Å². The predicted molar refractivity (Wildman–Crippen MR) is 114 cm³/mol. The van der Waals surface area contributed by atoms with Crippen molar-refractivity contribution in [2.45, 2.75) is 6.04 Å². The van der Waals surface area contributed by atoms with Gasteiger partial charge in [0.1, 0.15) is 19.0 Å². The molecule has 0 radical (unpaired) electrons. The van der Waals surface area contributed by atoms with Crippen LogP contribution in [0.25, 0.3) is 6.08 Å². The first-order valence-corrected chi connectivity index (χ1v) is 10.3. The van der Waals surface area contributed by atoms with Crippen molar-refractivity contribution in [1.82, 2.24) is 5.32 Å². The van der Waals surface area contributed by atoms with Crippen LogP contribution in [0, 0.1) is 5.82 Å². The monoisotopic (exact) mass is 425 g/mol. The maximum absolute atomic E-state index is 13.3. The average Bonchev–Trinajstić information content (AvgIpc) is 3.31. The molecule has 0 bridgehead atoms. The Labute approximate surface area is 177 Å². The first kappa shape index (κ1) is 20.0. The molecular formula is C23H20FNO4S. The summed E-state index contributed by atoms with van der Waals surface area (Å²) in [5.41, 5.74) is 1.56. The number of rotatable bonds is 6. The first-order chi connectivity index (χ1) is 14.6. The molecule has 7 heteroatoms. The quantitative estimate of drug-likeness (QED) is 0.587. The van der Waals surface area contributed by atoms with Gasteiger partial charge < -0.3 is 19.5 Å². The summed E-state index contributed by atoms with van der Waals surface area (Å²) in [5.74, 6) is 1.12. The van der Waals surface area contributed by atoms with Crippen molar-refractivity contribution >= 4 is 23.3 Å². The van der Waals surface area contributed by atoms with Crippen LogP contribution < -0.4 is 19.5 Å². The van der Waals surface area contributed by atoms with E-state index in [1.54, 1.807) is 37.5 Å². The third kappa shape index (κ3) is 4.46. The summed E-state index contributed by atoms with van der Waals surface area (Å²) >= 11 is 1.53. The van der Waals surface area contributed by atoms with Crippen LogP contribution in [0.4, 0.5) is 4.39 Å². The van der Waals surface area contributed by atoms with Crippen molar-refractivity contribution < 1.29 is 23.4 Å². The number of ether oxygens (including phenoxy) is 3. The summed E-state index contributed by atoms with van der Waals surface area (Å²) in [6.07, 6.45) is 3.14. The fraction of sp³-hybridized carbons (Fsp3) is 0.174. The Hall–Kier alpha value is -3.32. The second kappa shape index (κ2) is 9.00. The number of thiophene rings is 1. The normalized spacial score (nSPS) is 13.8. The maximum Gasteiger partial charge on any atom is 0.244 e. The first-order valence-electron chi connectivity index (χ1n) is 9.39. The number of carbonyl (C=O) groups excluding carboxylic acids is 1. The van der Waals surface area contributed by atoms with Crippen molar-refractivity contribution in [1.29, 1.82) is 0 Å². The van der Waals surface area contributed by atoms with Crippen LogP contribution in [-0.4, -0.2) is 26.2 Å². The van der Waals surface area contributed by atoms with Crippen LogP contribution >= 0.6 is 11.3 Å². The van der Waals surface area contributed by atoms with Gasteiger partial charge in [-0.25, -0.2) is 4.39 Å². The van der Waals surface area contributed by atoms with Crippen LogP contribution in [0.1, 0.15) is 22.0 Å². The number of hydrogen-bond acceptors (Lipinski definition) is 5. The lowest BCUT2D eigenvalue weighted by atomic mass is 10.1. The molecule has 154 valence electrons. The standard InChI is InChI=1S/C23H20FNO4S/c1-27-18-13-15(14-19-23(18)29-11-10-28-19)4-9-21(26)25-22(20-3-2-12-30-20)16-5-7-17(24)8-6-16/h2-9,12-14,22H,10-11H2,1H3,(H,25,26). The minimum atomic E-state index is -0.363. The Balaban J connectivity index is 1.54. The zero-order valence-corrected chi connectivity index (χ0v) is 17.1. The largest absolute Gasteiger partial charge is 0.493 e. The molecule has 0 saturated carbocycles. The van der Waals surface area contributed by atoms with Gasteiger partial charge >= 0.3 is 0 Å². The van der Waals surface area contributed by atoms with Gasteiger partial charge in [-0.05, 0) is 52.9 Å². The minimum absolute atomic E-state index is 0.272. The van der Waals surface area contributed by atoms with E-state index in [1.165, 1.54) is 29.5 Å². The van der Waals surface area contributed by atoms with Gasteiger partial charge in [-0.2, -0.15) is 0 Å². The lowest BCUT2D eigenvalue weighted by Crippen LogP contribution is -2.27. The van der Waals surface area contributed by atoms with Crippen LogP contribution in [0.5, 0.6) is 17.2 Å². The topological polar surface area (TPSA) is 56.8 Å². The van der Waals surface area contributed by atoms with E-state index in [0.717, 1.165) is 16.0 Å². The van der Waals surface area contributed by atoms with Crippen LogP contribution in [0.15, 0.2) is 60.0 Å². The number of nitrogens with one attached hydrogen (secondary N) is 1. The molecule has 1 amide bonds. The van der Waals surface area contributed by atoms with E-state index in [1.807, 2.05) is 17.5 Å². The molecule has 1 unspecified atom stereocenters. The van der Waals surface area contributed by atoms with E-state index in [9.17, 15) is 9.18 Å². The second-order valence-corrected chi connectivity index (χ2v) is 7.57. The van der Waals surface area contributed by atoms with E-state index >= 15 is 0 Å². The molecule has 3 aromatic rings. The molecule has 0 saturated heterocycles. The number of carbonyl (C=O) groups is 1. The van der Waals surface area contributed by atoms with Gasteiger partial charge in [0.05, 0.1) is 13.2 Å². The Kier molecular flexibility index (Phi) is 5.99. The van der Waals surface area contributed by atoms with Crippen LogP contribution in [0.3, 0.4) is 0 Å². The molecule has 4 rings (SSSR count). The van der Waals surface area contributed by atoms with Gasteiger partial charge in [0.2, 0.25) is 11.7 Å². The zero-order valence-electron chi connectivity index (χ0n) is 16.3. The Bertz CT molecular complexity index is 1030. The van der Waals surface area contributed by atoms with Crippen LogP contribution in [0.2, 0.25) is 0 Å². The fourth-order valence-electron chi connectivity index (χ4n) is 3.18. The summed E-state index contributed by atoms with van der Waals surface area (Å²) in [6, 6.07) is 13.2. The average molecular weight is 425 g/mol. The number of methoxy groups -OCH3 is 1. The van der Waals surface area contributed by atoms with E-state index in [0.29, 0.717) is 30.5 Å².